The van der Waals surface area contributed by atoms with Crippen LogP contribution in [0.5, 0.6) is 5.75 Å². The topological polar surface area (TPSA) is 79.9 Å². The number of carbonyl (C=O) groups excluding carboxylic acids is 1. The van der Waals surface area contributed by atoms with E-state index in [0.717, 1.165) is 17.0 Å². The summed E-state index contributed by atoms with van der Waals surface area (Å²) in [5.41, 5.74) is 1.90. The van der Waals surface area contributed by atoms with Crippen molar-refractivity contribution in [3.8, 4) is 5.75 Å². The Morgan fingerprint density at radius 3 is 2.79 bits per heavy atom. The molecule has 0 aliphatic heterocycles. The fourth-order valence-corrected chi connectivity index (χ4v) is 1.62. The largest absolute Gasteiger partial charge is 0.491 e. The van der Waals surface area contributed by atoms with Crippen molar-refractivity contribution >= 4 is 11.6 Å². The molecule has 0 aliphatic carbocycles. The molecule has 0 saturated heterocycles. The second-order valence-corrected chi connectivity index (χ2v) is 4.45. The van der Waals surface area contributed by atoms with Crippen LogP contribution in [0.15, 0.2) is 24.4 Å². The summed E-state index contributed by atoms with van der Waals surface area (Å²) in [5, 5.41) is 12.5. The number of aromatic nitrogens is 3. The van der Waals surface area contributed by atoms with Gasteiger partial charge < -0.3 is 10.1 Å². The highest BCUT2D eigenvalue weighted by molar-refractivity contribution is 6.03. The number of amides is 1. The van der Waals surface area contributed by atoms with Crippen molar-refractivity contribution in [2.24, 2.45) is 0 Å². The maximum absolute atomic E-state index is 11.8. The van der Waals surface area contributed by atoms with E-state index in [-0.39, 0.29) is 17.7 Å². The standard InChI is InChI=1S/C13H16N4O2/c1-8(2)19-10-4-5-11(9(3)6-10)15-13(18)12-7-14-17-16-12/h4-8H,1-3H3,(H,15,18)(H,14,16,17). The van der Waals surface area contributed by atoms with Crippen LogP contribution in [-0.4, -0.2) is 27.4 Å². The number of ether oxygens (including phenoxy) is 1. The first-order chi connectivity index (χ1) is 9.06. The number of H-pyrrole nitrogens is 1. The molecule has 0 unspecified atom stereocenters. The van der Waals surface area contributed by atoms with Crippen LogP contribution in [0.25, 0.3) is 0 Å². The Bertz CT molecular complexity index is 564. The highest BCUT2D eigenvalue weighted by Gasteiger charge is 2.10. The molecule has 0 aliphatic rings. The van der Waals surface area contributed by atoms with Gasteiger partial charge in [0, 0.05) is 5.69 Å². The maximum Gasteiger partial charge on any atom is 0.277 e. The van der Waals surface area contributed by atoms with Crippen LogP contribution in [-0.2, 0) is 0 Å². The van der Waals surface area contributed by atoms with Gasteiger partial charge >= 0.3 is 0 Å². The van der Waals surface area contributed by atoms with E-state index >= 15 is 0 Å². The van der Waals surface area contributed by atoms with E-state index in [4.69, 9.17) is 4.74 Å². The third kappa shape index (κ3) is 3.31. The number of carbonyl (C=O) groups is 1. The number of hydrogen-bond acceptors (Lipinski definition) is 4. The van der Waals surface area contributed by atoms with E-state index in [1.165, 1.54) is 6.20 Å². The van der Waals surface area contributed by atoms with E-state index < -0.39 is 0 Å². The van der Waals surface area contributed by atoms with E-state index in [0.29, 0.717) is 0 Å². The number of rotatable bonds is 4. The lowest BCUT2D eigenvalue weighted by Crippen LogP contribution is -2.13. The summed E-state index contributed by atoms with van der Waals surface area (Å²) in [4.78, 5) is 11.8. The molecule has 0 atom stereocenters. The molecule has 1 aromatic heterocycles. The van der Waals surface area contributed by atoms with Crippen LogP contribution < -0.4 is 10.1 Å². The summed E-state index contributed by atoms with van der Waals surface area (Å²) in [7, 11) is 0. The molecule has 19 heavy (non-hydrogen) atoms. The van der Waals surface area contributed by atoms with Crippen molar-refractivity contribution in [1.82, 2.24) is 15.4 Å². The van der Waals surface area contributed by atoms with Gasteiger partial charge in [0.2, 0.25) is 0 Å². The number of aryl methyl sites for hydroxylation is 1. The Kier molecular flexibility index (Phi) is 3.79. The number of benzene rings is 1. The molecule has 2 rings (SSSR count). The van der Waals surface area contributed by atoms with E-state index in [1.807, 2.05) is 39.0 Å². The van der Waals surface area contributed by atoms with Gasteiger partial charge in [-0.15, -0.1) is 0 Å². The van der Waals surface area contributed by atoms with Crippen LogP contribution in [0.2, 0.25) is 0 Å². The van der Waals surface area contributed by atoms with Gasteiger partial charge in [-0.1, -0.05) is 0 Å². The van der Waals surface area contributed by atoms with Gasteiger partial charge in [0.15, 0.2) is 5.69 Å². The van der Waals surface area contributed by atoms with Crippen molar-refractivity contribution in [2.45, 2.75) is 26.9 Å². The zero-order chi connectivity index (χ0) is 13.8. The summed E-state index contributed by atoms with van der Waals surface area (Å²) >= 11 is 0. The van der Waals surface area contributed by atoms with Gasteiger partial charge in [0.05, 0.1) is 12.3 Å². The SMILES string of the molecule is Cc1cc(OC(C)C)ccc1NC(=O)c1cn[nH]n1. The van der Waals surface area contributed by atoms with Crippen molar-refractivity contribution < 1.29 is 9.53 Å². The number of aromatic amines is 1. The summed E-state index contributed by atoms with van der Waals surface area (Å²) in [5.74, 6) is 0.487. The Balaban J connectivity index is 2.11. The lowest BCUT2D eigenvalue weighted by atomic mass is 10.2. The third-order valence-electron chi connectivity index (χ3n) is 2.47. The molecular formula is C13H16N4O2. The minimum absolute atomic E-state index is 0.120. The molecule has 1 amide bonds. The van der Waals surface area contributed by atoms with Gasteiger partial charge in [-0.2, -0.15) is 15.4 Å². The molecule has 0 spiro atoms. The molecule has 100 valence electrons. The highest BCUT2D eigenvalue weighted by Crippen LogP contribution is 2.22. The minimum atomic E-state index is -0.297. The number of nitrogens with one attached hydrogen (secondary N) is 2. The minimum Gasteiger partial charge on any atom is -0.491 e. The number of nitrogens with zero attached hydrogens (tertiary/aromatic N) is 2. The van der Waals surface area contributed by atoms with Crippen molar-refractivity contribution in [1.29, 1.82) is 0 Å². The highest BCUT2D eigenvalue weighted by atomic mass is 16.5. The number of hydrogen-bond donors (Lipinski definition) is 2. The Hall–Kier alpha value is -2.37. The van der Waals surface area contributed by atoms with Gasteiger partial charge in [-0.25, -0.2) is 0 Å². The molecule has 1 aromatic carbocycles. The van der Waals surface area contributed by atoms with Crippen LogP contribution >= 0.6 is 0 Å². The second-order valence-electron chi connectivity index (χ2n) is 4.45. The van der Waals surface area contributed by atoms with Crippen LogP contribution in [0.1, 0.15) is 29.9 Å². The van der Waals surface area contributed by atoms with Crippen LogP contribution in [0, 0.1) is 6.92 Å². The third-order valence-corrected chi connectivity index (χ3v) is 2.47. The molecule has 0 radical (unpaired) electrons. The number of anilines is 1. The molecule has 0 fully saturated rings. The van der Waals surface area contributed by atoms with Crippen molar-refractivity contribution in [2.75, 3.05) is 5.32 Å². The van der Waals surface area contributed by atoms with Crippen molar-refractivity contribution in [3.05, 3.63) is 35.7 Å². The van der Waals surface area contributed by atoms with E-state index in [9.17, 15) is 4.79 Å². The predicted octanol–water partition coefficient (Wildman–Crippen LogP) is 2.15. The normalized spacial score (nSPS) is 10.5. The second kappa shape index (κ2) is 5.51. The monoisotopic (exact) mass is 260 g/mol. The van der Waals surface area contributed by atoms with E-state index in [2.05, 4.69) is 20.7 Å². The lowest BCUT2D eigenvalue weighted by molar-refractivity contribution is 0.102. The van der Waals surface area contributed by atoms with Crippen LogP contribution in [0.3, 0.4) is 0 Å². The first-order valence-electron chi connectivity index (χ1n) is 6.00. The molecular weight excluding hydrogens is 244 g/mol. The Morgan fingerprint density at radius 2 is 2.21 bits per heavy atom. The van der Waals surface area contributed by atoms with Crippen molar-refractivity contribution in [3.63, 3.8) is 0 Å². The van der Waals surface area contributed by atoms with Gasteiger partial charge in [-0.3, -0.25) is 4.79 Å². The average molecular weight is 260 g/mol. The molecule has 1 heterocycles. The fraction of sp³-hybridized carbons (Fsp3) is 0.308. The Morgan fingerprint density at radius 1 is 1.42 bits per heavy atom. The predicted molar refractivity (Wildman–Crippen MR) is 71.3 cm³/mol. The molecule has 0 saturated carbocycles. The molecule has 2 aromatic rings. The summed E-state index contributed by atoms with van der Waals surface area (Å²) < 4.78 is 5.59. The summed E-state index contributed by atoms with van der Waals surface area (Å²) in [6, 6.07) is 5.52. The zero-order valence-electron chi connectivity index (χ0n) is 11.1. The average Bonchev–Trinajstić information content (AvgIpc) is 2.85. The molecule has 0 bridgehead atoms. The molecule has 6 heteroatoms. The van der Waals surface area contributed by atoms with Gasteiger partial charge in [0.1, 0.15) is 5.75 Å². The first-order valence-corrected chi connectivity index (χ1v) is 6.00. The van der Waals surface area contributed by atoms with E-state index in [1.54, 1.807) is 0 Å². The zero-order valence-corrected chi connectivity index (χ0v) is 11.1. The molecule has 2 N–H and O–H groups in total. The maximum atomic E-state index is 11.8. The lowest BCUT2D eigenvalue weighted by Gasteiger charge is -2.12. The smallest absolute Gasteiger partial charge is 0.277 e. The summed E-state index contributed by atoms with van der Waals surface area (Å²) in [6.45, 7) is 5.84. The quantitative estimate of drug-likeness (QED) is 0.882. The van der Waals surface area contributed by atoms with Gasteiger partial charge in [0.25, 0.3) is 5.91 Å². The van der Waals surface area contributed by atoms with Crippen LogP contribution in [0.4, 0.5) is 5.69 Å². The fourth-order valence-electron chi connectivity index (χ4n) is 1.62. The summed E-state index contributed by atoms with van der Waals surface area (Å²) in [6.07, 6.45) is 1.50. The van der Waals surface area contributed by atoms with Gasteiger partial charge in [-0.05, 0) is 44.5 Å². The first kappa shape index (κ1) is 13.1. The Labute approximate surface area is 111 Å². The molecule has 6 nitrogen and oxygen atoms in total.